The monoisotopic (exact) mass is 538 g/mol. The molecule has 2 aromatic carbocycles. The summed E-state index contributed by atoms with van der Waals surface area (Å²) in [6.45, 7) is 5.61. The lowest BCUT2D eigenvalue weighted by Gasteiger charge is -2.43. The number of nitrogens with zero attached hydrogens (tertiary/aromatic N) is 1. The molecule has 2 aromatic rings. The number of amides is 1. The SMILES string of the molecule is C[C@H]1[C@@H](CN2CCCCCCC2)O[C@@H](c2ccc(CNC(=O)CCC(=O)O)cc2)O[C@H]1c1ccc(CO)cc1. The Kier molecular flexibility index (Phi) is 10.9. The zero-order valence-electron chi connectivity index (χ0n) is 22.9. The van der Waals surface area contributed by atoms with Crippen molar-refractivity contribution in [3.8, 4) is 0 Å². The van der Waals surface area contributed by atoms with Crippen LogP contribution < -0.4 is 5.32 Å². The zero-order chi connectivity index (χ0) is 27.6. The molecule has 39 heavy (non-hydrogen) atoms. The first kappa shape index (κ1) is 29.2. The van der Waals surface area contributed by atoms with Gasteiger partial charge in [-0.2, -0.15) is 0 Å². The molecular weight excluding hydrogens is 496 g/mol. The van der Waals surface area contributed by atoms with Crippen molar-refractivity contribution in [3.63, 3.8) is 0 Å². The number of rotatable bonds is 10. The number of ether oxygens (including phenoxy) is 2. The van der Waals surface area contributed by atoms with Gasteiger partial charge in [-0.25, -0.2) is 0 Å². The summed E-state index contributed by atoms with van der Waals surface area (Å²) in [6.07, 6.45) is 5.46. The van der Waals surface area contributed by atoms with Crippen molar-refractivity contribution >= 4 is 11.9 Å². The van der Waals surface area contributed by atoms with Crippen molar-refractivity contribution in [2.24, 2.45) is 5.92 Å². The summed E-state index contributed by atoms with van der Waals surface area (Å²) in [4.78, 5) is 25.1. The number of aliphatic carboxylic acids is 1. The standard InChI is InChI=1S/C31H42N2O6/c1-22-27(20-33-17-5-3-2-4-6-18-33)38-31(39-30(22)25-11-9-24(21-34)10-12-25)26-13-7-23(8-14-26)19-32-28(35)15-16-29(36)37/h7-14,22,27,30-31,34H,2-6,15-21H2,1H3,(H,32,35)(H,36,37)/t22-,27+,30+,31+/m0/s1. The average Bonchev–Trinajstić information content (AvgIpc) is 2.93. The van der Waals surface area contributed by atoms with E-state index >= 15 is 0 Å². The second kappa shape index (κ2) is 14.6. The Bertz CT molecular complexity index is 1050. The Morgan fingerprint density at radius 3 is 2.13 bits per heavy atom. The molecule has 0 aliphatic carbocycles. The van der Waals surface area contributed by atoms with Crippen LogP contribution in [-0.4, -0.2) is 52.7 Å². The quantitative estimate of drug-likeness (QED) is 0.402. The fourth-order valence-corrected chi connectivity index (χ4v) is 5.38. The van der Waals surface area contributed by atoms with Crippen molar-refractivity contribution in [1.29, 1.82) is 0 Å². The maximum atomic E-state index is 11.9. The molecule has 8 nitrogen and oxygen atoms in total. The molecule has 3 N–H and O–H groups in total. The number of likely N-dealkylation sites (tertiary alicyclic amines) is 1. The van der Waals surface area contributed by atoms with Crippen molar-refractivity contribution in [3.05, 3.63) is 70.8 Å². The molecule has 2 aliphatic rings. The second-order valence-electron chi connectivity index (χ2n) is 10.8. The zero-order valence-corrected chi connectivity index (χ0v) is 22.9. The highest BCUT2D eigenvalue weighted by atomic mass is 16.7. The molecule has 4 atom stereocenters. The van der Waals surface area contributed by atoms with Crippen molar-refractivity contribution < 1.29 is 29.3 Å². The summed E-state index contributed by atoms with van der Waals surface area (Å²) >= 11 is 0. The molecule has 0 aromatic heterocycles. The number of carbonyl (C=O) groups is 2. The summed E-state index contributed by atoms with van der Waals surface area (Å²) < 4.78 is 13.2. The molecule has 0 bridgehead atoms. The van der Waals surface area contributed by atoms with E-state index in [0.717, 1.165) is 41.9 Å². The van der Waals surface area contributed by atoms with Crippen molar-refractivity contribution in [2.45, 2.75) is 83.5 Å². The van der Waals surface area contributed by atoms with E-state index in [0.29, 0.717) is 6.54 Å². The van der Waals surface area contributed by atoms with Gasteiger partial charge in [-0.3, -0.25) is 9.59 Å². The number of carboxylic acids is 1. The van der Waals surface area contributed by atoms with E-state index in [1.807, 2.05) is 48.5 Å². The highest BCUT2D eigenvalue weighted by molar-refractivity contribution is 5.80. The van der Waals surface area contributed by atoms with Gasteiger partial charge in [0, 0.05) is 31.0 Å². The molecule has 4 rings (SSSR count). The van der Waals surface area contributed by atoms with Gasteiger partial charge in [0.1, 0.15) is 0 Å². The predicted octanol–water partition coefficient (Wildman–Crippen LogP) is 4.72. The fourth-order valence-electron chi connectivity index (χ4n) is 5.38. The van der Waals surface area contributed by atoms with Crippen LogP contribution >= 0.6 is 0 Å². The van der Waals surface area contributed by atoms with Crippen LogP contribution in [0.25, 0.3) is 0 Å². The Balaban J connectivity index is 1.47. The molecular formula is C31H42N2O6. The summed E-state index contributed by atoms with van der Waals surface area (Å²) in [5, 5.41) is 21.0. The third-order valence-corrected chi connectivity index (χ3v) is 7.82. The summed E-state index contributed by atoms with van der Waals surface area (Å²) in [7, 11) is 0. The Morgan fingerprint density at radius 2 is 1.49 bits per heavy atom. The first-order valence-electron chi connectivity index (χ1n) is 14.2. The average molecular weight is 539 g/mol. The lowest BCUT2D eigenvalue weighted by atomic mass is 9.89. The van der Waals surface area contributed by atoms with Crippen LogP contribution in [0.3, 0.4) is 0 Å². The van der Waals surface area contributed by atoms with Crippen LogP contribution in [0.1, 0.15) is 86.5 Å². The number of hydrogen-bond acceptors (Lipinski definition) is 6. The third kappa shape index (κ3) is 8.60. The number of carbonyl (C=O) groups excluding carboxylic acids is 1. The Hall–Kier alpha value is -2.78. The van der Waals surface area contributed by atoms with Crippen LogP contribution in [0.15, 0.2) is 48.5 Å². The van der Waals surface area contributed by atoms with E-state index in [1.165, 1.54) is 32.1 Å². The summed E-state index contributed by atoms with van der Waals surface area (Å²) in [6, 6.07) is 15.8. The van der Waals surface area contributed by atoms with Crippen LogP contribution in [0.5, 0.6) is 0 Å². The highest BCUT2D eigenvalue weighted by Crippen LogP contribution is 2.42. The van der Waals surface area contributed by atoms with Crippen molar-refractivity contribution in [2.75, 3.05) is 19.6 Å². The predicted molar refractivity (Wildman–Crippen MR) is 148 cm³/mol. The van der Waals surface area contributed by atoms with Crippen LogP contribution in [-0.2, 0) is 32.2 Å². The summed E-state index contributed by atoms with van der Waals surface area (Å²) in [5.41, 5.74) is 3.78. The first-order valence-corrected chi connectivity index (χ1v) is 14.2. The largest absolute Gasteiger partial charge is 0.481 e. The number of benzene rings is 2. The molecule has 1 amide bonds. The fraction of sp³-hybridized carbons (Fsp3) is 0.548. The normalized spacial score (nSPS) is 24.5. The molecule has 0 radical (unpaired) electrons. The topological polar surface area (TPSA) is 108 Å². The number of aliphatic hydroxyl groups is 1. The molecule has 2 aliphatic heterocycles. The van der Waals surface area contributed by atoms with E-state index < -0.39 is 12.3 Å². The van der Waals surface area contributed by atoms with E-state index in [9.17, 15) is 14.7 Å². The molecule has 0 spiro atoms. The number of carboxylic acid groups (broad SMARTS) is 1. The van der Waals surface area contributed by atoms with Gasteiger partial charge in [-0.15, -0.1) is 0 Å². The minimum Gasteiger partial charge on any atom is -0.481 e. The van der Waals surface area contributed by atoms with E-state index in [-0.39, 0.29) is 43.5 Å². The van der Waals surface area contributed by atoms with E-state index in [1.54, 1.807) is 0 Å². The van der Waals surface area contributed by atoms with Crippen LogP contribution in [0.4, 0.5) is 0 Å². The van der Waals surface area contributed by atoms with Gasteiger partial charge < -0.3 is 29.9 Å². The van der Waals surface area contributed by atoms with Gasteiger partial charge in [0.05, 0.1) is 25.2 Å². The smallest absolute Gasteiger partial charge is 0.303 e. The molecule has 2 saturated heterocycles. The molecule has 2 heterocycles. The highest BCUT2D eigenvalue weighted by Gasteiger charge is 2.39. The second-order valence-corrected chi connectivity index (χ2v) is 10.8. The van der Waals surface area contributed by atoms with Gasteiger partial charge in [0.25, 0.3) is 0 Å². The maximum Gasteiger partial charge on any atom is 0.303 e. The molecule has 2 fully saturated rings. The minimum absolute atomic E-state index is 0.00102. The molecule has 0 saturated carbocycles. The van der Waals surface area contributed by atoms with Crippen molar-refractivity contribution in [1.82, 2.24) is 10.2 Å². The van der Waals surface area contributed by atoms with Crippen LogP contribution in [0, 0.1) is 5.92 Å². The Labute approximate surface area is 231 Å². The molecule has 8 heteroatoms. The van der Waals surface area contributed by atoms with Gasteiger partial charge >= 0.3 is 5.97 Å². The summed E-state index contributed by atoms with van der Waals surface area (Å²) in [5.74, 6) is -1.12. The van der Waals surface area contributed by atoms with E-state index in [2.05, 4.69) is 17.1 Å². The maximum absolute atomic E-state index is 11.9. The lowest BCUT2D eigenvalue weighted by molar-refractivity contribution is -0.276. The lowest BCUT2D eigenvalue weighted by Crippen LogP contribution is -2.45. The number of hydrogen-bond donors (Lipinski definition) is 3. The van der Waals surface area contributed by atoms with Gasteiger partial charge in [-0.1, -0.05) is 74.7 Å². The molecule has 212 valence electrons. The Morgan fingerprint density at radius 1 is 0.872 bits per heavy atom. The van der Waals surface area contributed by atoms with Gasteiger partial charge in [0.2, 0.25) is 5.91 Å². The van der Waals surface area contributed by atoms with Crippen LogP contribution in [0.2, 0.25) is 0 Å². The molecule has 0 unspecified atom stereocenters. The number of aliphatic hydroxyl groups excluding tert-OH is 1. The van der Waals surface area contributed by atoms with E-state index in [4.69, 9.17) is 14.6 Å². The minimum atomic E-state index is -0.983. The first-order chi connectivity index (χ1) is 18.9. The third-order valence-electron chi connectivity index (χ3n) is 7.82. The van der Waals surface area contributed by atoms with Gasteiger partial charge in [-0.05, 0) is 42.6 Å². The van der Waals surface area contributed by atoms with Gasteiger partial charge in [0.15, 0.2) is 6.29 Å². The number of nitrogens with one attached hydrogen (secondary N) is 1.